The van der Waals surface area contributed by atoms with E-state index in [2.05, 4.69) is 26.0 Å². The largest absolute Gasteiger partial charge is 0.447 e. The molecule has 0 bridgehead atoms. The summed E-state index contributed by atoms with van der Waals surface area (Å²) < 4.78 is 5.14. The standard InChI is InChI=1S/C14H19NO2/c1-11(2)9-15-13(10-17-14(15)16)8-12-6-4-3-5-7-12/h3-7,11,13H,8-10H2,1-2H3. The van der Waals surface area contributed by atoms with E-state index in [1.165, 1.54) is 5.56 Å². The third-order valence-electron chi connectivity index (χ3n) is 2.95. The van der Waals surface area contributed by atoms with Gasteiger partial charge in [0.1, 0.15) is 6.61 Å². The molecule has 0 radical (unpaired) electrons. The van der Waals surface area contributed by atoms with Gasteiger partial charge in [-0.05, 0) is 17.9 Å². The summed E-state index contributed by atoms with van der Waals surface area (Å²) in [4.78, 5) is 13.5. The van der Waals surface area contributed by atoms with Crippen LogP contribution >= 0.6 is 0 Å². The zero-order valence-corrected chi connectivity index (χ0v) is 10.4. The predicted octanol–water partition coefficient (Wildman–Crippen LogP) is 2.71. The molecule has 1 aliphatic rings. The Morgan fingerprint density at radius 3 is 2.71 bits per heavy atom. The summed E-state index contributed by atoms with van der Waals surface area (Å²) in [6.45, 7) is 5.52. The van der Waals surface area contributed by atoms with Crippen molar-refractivity contribution in [1.82, 2.24) is 4.90 Å². The third kappa shape index (κ3) is 2.99. The molecule has 2 rings (SSSR count). The van der Waals surface area contributed by atoms with Crippen molar-refractivity contribution in [2.75, 3.05) is 13.2 Å². The van der Waals surface area contributed by atoms with Crippen LogP contribution in [0.2, 0.25) is 0 Å². The van der Waals surface area contributed by atoms with Crippen molar-refractivity contribution in [2.24, 2.45) is 5.92 Å². The number of amides is 1. The Balaban J connectivity index is 2.02. The lowest BCUT2D eigenvalue weighted by Crippen LogP contribution is -2.37. The number of carbonyl (C=O) groups is 1. The van der Waals surface area contributed by atoms with Crippen molar-refractivity contribution >= 4 is 6.09 Å². The molecule has 92 valence electrons. The van der Waals surface area contributed by atoms with Gasteiger partial charge < -0.3 is 9.64 Å². The van der Waals surface area contributed by atoms with E-state index in [-0.39, 0.29) is 12.1 Å². The fourth-order valence-electron chi connectivity index (χ4n) is 2.16. The highest BCUT2D eigenvalue weighted by molar-refractivity contribution is 5.70. The number of ether oxygens (including phenoxy) is 1. The van der Waals surface area contributed by atoms with Crippen LogP contribution < -0.4 is 0 Å². The Labute approximate surface area is 102 Å². The Bertz CT molecular complexity index is 375. The van der Waals surface area contributed by atoms with Gasteiger partial charge in [-0.25, -0.2) is 4.79 Å². The van der Waals surface area contributed by atoms with E-state index < -0.39 is 0 Å². The molecule has 1 aliphatic heterocycles. The lowest BCUT2D eigenvalue weighted by molar-refractivity contribution is 0.154. The number of benzene rings is 1. The summed E-state index contributed by atoms with van der Waals surface area (Å²) >= 11 is 0. The van der Waals surface area contributed by atoms with Crippen LogP contribution in [-0.2, 0) is 11.2 Å². The minimum atomic E-state index is -0.167. The molecule has 1 amide bonds. The summed E-state index contributed by atoms with van der Waals surface area (Å²) in [5, 5.41) is 0. The number of nitrogens with zero attached hydrogens (tertiary/aromatic N) is 1. The fraction of sp³-hybridized carbons (Fsp3) is 0.500. The second-order valence-corrected chi connectivity index (χ2v) is 4.97. The van der Waals surface area contributed by atoms with E-state index in [4.69, 9.17) is 4.74 Å². The van der Waals surface area contributed by atoms with Crippen LogP contribution in [0.25, 0.3) is 0 Å². The van der Waals surface area contributed by atoms with Gasteiger partial charge in [0.15, 0.2) is 0 Å². The van der Waals surface area contributed by atoms with Gasteiger partial charge in [0.05, 0.1) is 6.04 Å². The van der Waals surface area contributed by atoms with Gasteiger partial charge in [-0.15, -0.1) is 0 Å². The van der Waals surface area contributed by atoms with Crippen LogP contribution in [0.5, 0.6) is 0 Å². The molecule has 0 aromatic heterocycles. The highest BCUT2D eigenvalue weighted by Gasteiger charge is 2.32. The maximum Gasteiger partial charge on any atom is 0.410 e. The summed E-state index contributed by atoms with van der Waals surface area (Å²) in [7, 11) is 0. The molecule has 1 aromatic rings. The van der Waals surface area contributed by atoms with Crippen molar-refractivity contribution in [3.63, 3.8) is 0 Å². The van der Waals surface area contributed by atoms with Gasteiger partial charge in [-0.2, -0.15) is 0 Å². The number of cyclic esters (lactones) is 1. The van der Waals surface area contributed by atoms with E-state index in [0.717, 1.165) is 13.0 Å². The van der Waals surface area contributed by atoms with Crippen LogP contribution in [0.15, 0.2) is 30.3 Å². The Morgan fingerprint density at radius 2 is 2.06 bits per heavy atom. The molecule has 0 aliphatic carbocycles. The highest BCUT2D eigenvalue weighted by atomic mass is 16.6. The Kier molecular flexibility index (Phi) is 3.67. The smallest absolute Gasteiger partial charge is 0.410 e. The van der Waals surface area contributed by atoms with Gasteiger partial charge in [-0.3, -0.25) is 0 Å². The first-order chi connectivity index (χ1) is 8.16. The van der Waals surface area contributed by atoms with Crippen molar-refractivity contribution in [1.29, 1.82) is 0 Å². The first kappa shape index (κ1) is 12.0. The number of carbonyl (C=O) groups excluding carboxylic acids is 1. The predicted molar refractivity (Wildman–Crippen MR) is 66.8 cm³/mol. The molecule has 1 fully saturated rings. The average molecular weight is 233 g/mol. The molecule has 1 heterocycles. The second kappa shape index (κ2) is 5.21. The number of hydrogen-bond donors (Lipinski definition) is 0. The normalized spacial score (nSPS) is 19.8. The second-order valence-electron chi connectivity index (χ2n) is 4.97. The van der Waals surface area contributed by atoms with Crippen molar-refractivity contribution in [3.05, 3.63) is 35.9 Å². The average Bonchev–Trinajstić information content (AvgIpc) is 2.62. The maximum atomic E-state index is 11.6. The zero-order chi connectivity index (χ0) is 12.3. The molecular weight excluding hydrogens is 214 g/mol. The third-order valence-corrected chi connectivity index (χ3v) is 2.95. The van der Waals surface area contributed by atoms with Crippen molar-refractivity contribution in [3.8, 4) is 0 Å². The molecule has 0 saturated carbocycles. The SMILES string of the molecule is CC(C)CN1C(=O)OCC1Cc1ccccc1. The number of rotatable bonds is 4. The molecule has 1 atom stereocenters. The Morgan fingerprint density at radius 1 is 1.35 bits per heavy atom. The first-order valence-electron chi connectivity index (χ1n) is 6.14. The fourth-order valence-corrected chi connectivity index (χ4v) is 2.16. The summed E-state index contributed by atoms with van der Waals surface area (Å²) in [6, 6.07) is 10.4. The molecule has 1 saturated heterocycles. The van der Waals surface area contributed by atoms with Gasteiger partial charge in [0, 0.05) is 6.54 Å². The summed E-state index contributed by atoms with van der Waals surface area (Å²) in [5.41, 5.74) is 1.25. The molecular formula is C14H19NO2. The van der Waals surface area contributed by atoms with Crippen LogP contribution in [0.4, 0.5) is 4.79 Å². The molecule has 1 unspecified atom stereocenters. The topological polar surface area (TPSA) is 29.5 Å². The zero-order valence-electron chi connectivity index (χ0n) is 10.4. The monoisotopic (exact) mass is 233 g/mol. The van der Waals surface area contributed by atoms with Crippen LogP contribution in [0, 0.1) is 5.92 Å². The van der Waals surface area contributed by atoms with Crippen molar-refractivity contribution < 1.29 is 9.53 Å². The molecule has 1 aromatic carbocycles. The molecule has 0 N–H and O–H groups in total. The van der Waals surface area contributed by atoms with E-state index in [9.17, 15) is 4.79 Å². The molecule has 0 spiro atoms. The van der Waals surface area contributed by atoms with Crippen LogP contribution in [0.1, 0.15) is 19.4 Å². The molecule has 3 nitrogen and oxygen atoms in total. The van der Waals surface area contributed by atoms with Crippen molar-refractivity contribution in [2.45, 2.75) is 26.3 Å². The summed E-state index contributed by atoms with van der Waals surface area (Å²) in [5.74, 6) is 0.471. The van der Waals surface area contributed by atoms with E-state index in [0.29, 0.717) is 12.5 Å². The lowest BCUT2D eigenvalue weighted by atomic mass is 10.1. The minimum Gasteiger partial charge on any atom is -0.447 e. The van der Waals surface area contributed by atoms with Crippen LogP contribution in [-0.4, -0.2) is 30.2 Å². The van der Waals surface area contributed by atoms with E-state index in [1.54, 1.807) is 0 Å². The van der Waals surface area contributed by atoms with Gasteiger partial charge >= 0.3 is 6.09 Å². The lowest BCUT2D eigenvalue weighted by Gasteiger charge is -2.23. The van der Waals surface area contributed by atoms with E-state index >= 15 is 0 Å². The van der Waals surface area contributed by atoms with Gasteiger partial charge in [-0.1, -0.05) is 44.2 Å². The molecule has 17 heavy (non-hydrogen) atoms. The highest BCUT2D eigenvalue weighted by Crippen LogP contribution is 2.18. The van der Waals surface area contributed by atoms with E-state index in [1.807, 2.05) is 23.1 Å². The summed E-state index contributed by atoms with van der Waals surface area (Å²) in [6.07, 6.45) is 0.707. The maximum absolute atomic E-state index is 11.6. The molecule has 3 heteroatoms. The van der Waals surface area contributed by atoms with Gasteiger partial charge in [0.2, 0.25) is 0 Å². The van der Waals surface area contributed by atoms with Crippen LogP contribution in [0.3, 0.4) is 0 Å². The number of hydrogen-bond acceptors (Lipinski definition) is 2. The minimum absolute atomic E-state index is 0.167. The quantitative estimate of drug-likeness (QED) is 0.800. The Hall–Kier alpha value is -1.51. The van der Waals surface area contributed by atoms with Gasteiger partial charge in [0.25, 0.3) is 0 Å². The first-order valence-corrected chi connectivity index (χ1v) is 6.14.